The van der Waals surface area contributed by atoms with Gasteiger partial charge in [-0.05, 0) is 25.5 Å². The molecule has 1 saturated heterocycles. The summed E-state index contributed by atoms with van der Waals surface area (Å²) in [6.07, 6.45) is 1.47. The number of aromatic nitrogens is 2. The maximum atomic E-state index is 12.9. The van der Waals surface area contributed by atoms with Crippen molar-refractivity contribution < 1.29 is 9.53 Å². The first-order valence-corrected chi connectivity index (χ1v) is 9.80. The van der Waals surface area contributed by atoms with Gasteiger partial charge in [0.05, 0.1) is 23.9 Å². The third-order valence-corrected chi connectivity index (χ3v) is 5.75. The Morgan fingerprint density at radius 3 is 2.63 bits per heavy atom. The second-order valence-electron chi connectivity index (χ2n) is 6.93. The summed E-state index contributed by atoms with van der Waals surface area (Å²) in [4.78, 5) is 33.4. The molecule has 0 saturated carbocycles. The number of hydrogen-bond acceptors (Lipinski definition) is 5. The molecule has 3 aromatic rings. The summed E-state index contributed by atoms with van der Waals surface area (Å²) >= 11 is 1.48. The minimum Gasteiger partial charge on any atom is -0.372 e. The van der Waals surface area contributed by atoms with Gasteiger partial charge in [-0.25, -0.2) is 4.98 Å². The summed E-state index contributed by atoms with van der Waals surface area (Å²) in [5.41, 5.74) is 0.875. The van der Waals surface area contributed by atoms with E-state index < -0.39 is 0 Å². The molecule has 140 valence electrons. The molecule has 1 aromatic carbocycles. The quantitative estimate of drug-likeness (QED) is 0.698. The second kappa shape index (κ2) is 7.25. The van der Waals surface area contributed by atoms with Crippen molar-refractivity contribution in [2.75, 3.05) is 13.1 Å². The number of rotatable bonds is 3. The third kappa shape index (κ3) is 3.65. The third-order valence-electron chi connectivity index (χ3n) is 4.65. The zero-order chi connectivity index (χ0) is 19.0. The Hall–Kier alpha value is -2.51. The van der Waals surface area contributed by atoms with E-state index in [1.807, 2.05) is 50.2 Å². The van der Waals surface area contributed by atoms with E-state index >= 15 is 0 Å². The van der Waals surface area contributed by atoms with Crippen molar-refractivity contribution >= 4 is 27.5 Å². The van der Waals surface area contributed by atoms with E-state index in [0.717, 1.165) is 10.4 Å². The van der Waals surface area contributed by atoms with E-state index in [0.29, 0.717) is 23.3 Å². The molecule has 4 rings (SSSR count). The Morgan fingerprint density at radius 1 is 1.22 bits per heavy atom. The molecule has 0 aliphatic carbocycles. The van der Waals surface area contributed by atoms with Gasteiger partial charge in [0.1, 0.15) is 11.4 Å². The van der Waals surface area contributed by atoms with Crippen LogP contribution in [-0.2, 0) is 16.1 Å². The normalized spacial score (nSPS) is 20.1. The van der Waals surface area contributed by atoms with Crippen molar-refractivity contribution in [2.24, 2.45) is 0 Å². The maximum absolute atomic E-state index is 12.9. The molecule has 1 aliphatic heterocycles. The molecule has 3 heterocycles. The van der Waals surface area contributed by atoms with Crippen LogP contribution in [-0.4, -0.2) is 45.7 Å². The Labute approximate surface area is 161 Å². The van der Waals surface area contributed by atoms with Crippen LogP contribution in [0.25, 0.3) is 20.7 Å². The number of ether oxygens (including phenoxy) is 1. The predicted molar refractivity (Wildman–Crippen MR) is 106 cm³/mol. The summed E-state index contributed by atoms with van der Waals surface area (Å²) in [6, 6.07) is 11.8. The zero-order valence-corrected chi connectivity index (χ0v) is 16.1. The number of carbonyl (C=O) groups excluding carboxylic acids is 1. The molecular weight excluding hydrogens is 362 g/mol. The lowest BCUT2D eigenvalue weighted by atomic mass is 10.2. The Bertz CT molecular complexity index is 1020. The molecule has 0 N–H and O–H groups in total. The van der Waals surface area contributed by atoms with Gasteiger partial charge < -0.3 is 9.64 Å². The fraction of sp³-hybridized carbons (Fsp3) is 0.350. The van der Waals surface area contributed by atoms with E-state index in [1.54, 1.807) is 4.90 Å². The highest BCUT2D eigenvalue weighted by Crippen LogP contribution is 2.30. The molecule has 1 aliphatic rings. The minimum absolute atomic E-state index is 0.000307. The number of nitrogens with zero attached hydrogens (tertiary/aromatic N) is 3. The van der Waals surface area contributed by atoms with E-state index in [4.69, 9.17) is 4.74 Å². The van der Waals surface area contributed by atoms with Crippen molar-refractivity contribution in [3.63, 3.8) is 0 Å². The average Bonchev–Trinajstić information content (AvgIpc) is 3.09. The standard InChI is InChI=1S/C20H21N3O3S/c1-13-9-22(10-14(2)26-13)18(24)11-23-12-21-19-16(20(23)25)8-17(27-19)15-6-4-3-5-7-15/h3-8,12-14H,9-11H2,1-2H3/t13-,14+. The monoisotopic (exact) mass is 383 g/mol. The van der Waals surface area contributed by atoms with Gasteiger partial charge in [-0.2, -0.15) is 0 Å². The van der Waals surface area contributed by atoms with Crippen LogP contribution >= 0.6 is 11.3 Å². The number of benzene rings is 1. The van der Waals surface area contributed by atoms with E-state index in [1.165, 1.54) is 22.2 Å². The Kier molecular flexibility index (Phi) is 4.80. The molecule has 0 spiro atoms. The summed E-state index contributed by atoms with van der Waals surface area (Å²) in [7, 11) is 0. The molecule has 27 heavy (non-hydrogen) atoms. The van der Waals surface area contributed by atoms with Gasteiger partial charge in [0, 0.05) is 18.0 Å². The Balaban J connectivity index is 1.60. The summed E-state index contributed by atoms with van der Waals surface area (Å²) in [5.74, 6) is -0.0845. The number of fused-ring (bicyclic) bond motifs is 1. The first-order valence-electron chi connectivity index (χ1n) is 8.99. The number of amides is 1. The fourth-order valence-electron chi connectivity index (χ4n) is 3.44. The topological polar surface area (TPSA) is 64.4 Å². The summed E-state index contributed by atoms with van der Waals surface area (Å²) < 4.78 is 7.07. The van der Waals surface area contributed by atoms with Crippen LogP contribution in [0.2, 0.25) is 0 Å². The van der Waals surface area contributed by atoms with Crippen LogP contribution < -0.4 is 5.56 Å². The molecule has 1 amide bonds. The lowest BCUT2D eigenvalue weighted by Crippen LogP contribution is -2.49. The summed E-state index contributed by atoms with van der Waals surface area (Å²) in [6.45, 7) is 4.99. The van der Waals surface area contributed by atoms with E-state index in [2.05, 4.69) is 4.98 Å². The second-order valence-corrected chi connectivity index (χ2v) is 7.96. The van der Waals surface area contributed by atoms with Crippen LogP contribution in [0, 0.1) is 0 Å². The van der Waals surface area contributed by atoms with E-state index in [-0.39, 0.29) is 30.2 Å². The molecule has 1 fully saturated rings. The first kappa shape index (κ1) is 17.9. The van der Waals surface area contributed by atoms with E-state index in [9.17, 15) is 9.59 Å². The smallest absolute Gasteiger partial charge is 0.262 e. The van der Waals surface area contributed by atoms with Gasteiger partial charge in [-0.1, -0.05) is 30.3 Å². The van der Waals surface area contributed by atoms with Crippen LogP contribution in [0.1, 0.15) is 13.8 Å². The lowest BCUT2D eigenvalue weighted by molar-refractivity contribution is -0.143. The zero-order valence-electron chi connectivity index (χ0n) is 15.3. The number of thiophene rings is 1. The van der Waals surface area contributed by atoms with Crippen LogP contribution in [0.5, 0.6) is 0 Å². The first-order chi connectivity index (χ1) is 13.0. The SMILES string of the molecule is C[C@@H]1CN(C(=O)Cn2cnc3sc(-c4ccccc4)cc3c2=O)C[C@H](C)O1. The Morgan fingerprint density at radius 2 is 1.93 bits per heavy atom. The van der Waals surface area contributed by atoms with Crippen molar-refractivity contribution in [3.8, 4) is 10.4 Å². The summed E-state index contributed by atoms with van der Waals surface area (Å²) in [5, 5.41) is 0.554. The van der Waals surface area contributed by atoms with Gasteiger partial charge in [0.2, 0.25) is 5.91 Å². The van der Waals surface area contributed by atoms with Crippen LogP contribution in [0.3, 0.4) is 0 Å². The van der Waals surface area contributed by atoms with Crippen LogP contribution in [0.15, 0.2) is 47.5 Å². The molecule has 7 heteroatoms. The minimum atomic E-state index is -0.180. The average molecular weight is 383 g/mol. The molecule has 0 bridgehead atoms. The highest BCUT2D eigenvalue weighted by molar-refractivity contribution is 7.21. The van der Waals surface area contributed by atoms with Crippen LogP contribution in [0.4, 0.5) is 0 Å². The lowest BCUT2D eigenvalue weighted by Gasteiger charge is -2.35. The van der Waals surface area contributed by atoms with Gasteiger partial charge in [-0.15, -0.1) is 11.3 Å². The highest BCUT2D eigenvalue weighted by atomic mass is 32.1. The molecular formula is C20H21N3O3S. The van der Waals surface area contributed by atoms with Gasteiger partial charge in [-0.3, -0.25) is 14.2 Å². The number of carbonyl (C=O) groups is 1. The molecule has 0 unspecified atom stereocenters. The highest BCUT2D eigenvalue weighted by Gasteiger charge is 2.26. The van der Waals surface area contributed by atoms with Crippen molar-refractivity contribution in [1.29, 1.82) is 0 Å². The number of hydrogen-bond donors (Lipinski definition) is 0. The van der Waals surface area contributed by atoms with Crippen molar-refractivity contribution in [3.05, 3.63) is 53.1 Å². The predicted octanol–water partition coefficient (Wildman–Crippen LogP) is 2.76. The maximum Gasteiger partial charge on any atom is 0.262 e. The molecule has 2 atom stereocenters. The fourth-order valence-corrected chi connectivity index (χ4v) is 4.44. The van der Waals surface area contributed by atoms with Gasteiger partial charge in [0.25, 0.3) is 5.56 Å². The molecule has 2 aromatic heterocycles. The van der Waals surface area contributed by atoms with Gasteiger partial charge in [0.15, 0.2) is 0 Å². The number of morpholine rings is 1. The van der Waals surface area contributed by atoms with Gasteiger partial charge >= 0.3 is 0 Å². The molecule has 6 nitrogen and oxygen atoms in total. The van der Waals surface area contributed by atoms with Crippen molar-refractivity contribution in [1.82, 2.24) is 14.5 Å². The largest absolute Gasteiger partial charge is 0.372 e. The van der Waals surface area contributed by atoms with Crippen molar-refractivity contribution in [2.45, 2.75) is 32.6 Å². The molecule has 0 radical (unpaired) electrons.